The van der Waals surface area contributed by atoms with Crippen LogP contribution in [-0.2, 0) is 15.1 Å². The molecule has 19 heavy (non-hydrogen) atoms. The first-order valence-electron chi connectivity index (χ1n) is 6.26. The monoisotopic (exact) mass is 255 g/mol. The van der Waals surface area contributed by atoms with Gasteiger partial charge < -0.3 is 10.5 Å². The molecule has 0 aromatic heterocycles. The van der Waals surface area contributed by atoms with Gasteiger partial charge in [-0.1, -0.05) is 60.7 Å². The highest BCUT2D eigenvalue weighted by molar-refractivity contribution is 5.89. The fourth-order valence-corrected chi connectivity index (χ4v) is 2.25. The number of ether oxygens (including phenoxy) is 1. The predicted molar refractivity (Wildman–Crippen MR) is 74.5 cm³/mol. The first kappa shape index (κ1) is 13.3. The van der Waals surface area contributed by atoms with Crippen molar-refractivity contribution in [2.45, 2.75) is 12.5 Å². The van der Waals surface area contributed by atoms with Crippen molar-refractivity contribution in [3.63, 3.8) is 0 Å². The normalized spacial score (nSPS) is 11.2. The smallest absolute Gasteiger partial charge is 0.259 e. The zero-order valence-electron chi connectivity index (χ0n) is 10.9. The summed E-state index contributed by atoms with van der Waals surface area (Å²) in [6.07, 6.45) is 0. The Morgan fingerprint density at radius 2 is 1.42 bits per heavy atom. The predicted octanol–water partition coefficient (Wildman–Crippen LogP) is 2.45. The number of hydrogen-bond acceptors (Lipinski definition) is 2. The fraction of sp³-hybridized carbons (Fsp3) is 0.188. The summed E-state index contributed by atoms with van der Waals surface area (Å²) < 4.78 is 5.79. The summed E-state index contributed by atoms with van der Waals surface area (Å²) in [7, 11) is 0. The molecule has 2 N–H and O–H groups in total. The van der Waals surface area contributed by atoms with Gasteiger partial charge in [0, 0.05) is 6.61 Å². The summed E-state index contributed by atoms with van der Waals surface area (Å²) in [5.41, 5.74) is 5.92. The molecule has 2 aromatic carbocycles. The lowest BCUT2D eigenvalue weighted by Crippen LogP contribution is -2.44. The molecule has 2 rings (SSSR count). The molecule has 0 aliphatic rings. The number of hydrogen-bond donors (Lipinski definition) is 1. The molecule has 0 radical (unpaired) electrons. The molecule has 2 aromatic rings. The summed E-state index contributed by atoms with van der Waals surface area (Å²) in [5, 5.41) is 0. The van der Waals surface area contributed by atoms with Crippen LogP contribution in [0, 0.1) is 0 Å². The molecule has 0 aliphatic heterocycles. The van der Waals surface area contributed by atoms with E-state index >= 15 is 0 Å². The Morgan fingerprint density at radius 3 is 1.74 bits per heavy atom. The van der Waals surface area contributed by atoms with E-state index in [1.165, 1.54) is 0 Å². The van der Waals surface area contributed by atoms with Crippen molar-refractivity contribution >= 4 is 5.91 Å². The molecule has 0 aliphatic carbocycles. The molecular formula is C16H17NO2. The Labute approximate surface area is 113 Å². The third kappa shape index (κ3) is 2.37. The van der Waals surface area contributed by atoms with Gasteiger partial charge in [-0.15, -0.1) is 0 Å². The molecule has 3 nitrogen and oxygen atoms in total. The summed E-state index contributed by atoms with van der Waals surface area (Å²) >= 11 is 0. The van der Waals surface area contributed by atoms with Crippen molar-refractivity contribution in [2.24, 2.45) is 5.73 Å². The molecule has 0 unspecified atom stereocenters. The van der Waals surface area contributed by atoms with Crippen LogP contribution in [0.1, 0.15) is 18.1 Å². The Kier molecular flexibility index (Phi) is 3.97. The van der Waals surface area contributed by atoms with Crippen LogP contribution < -0.4 is 5.73 Å². The average molecular weight is 255 g/mol. The fourth-order valence-electron chi connectivity index (χ4n) is 2.25. The van der Waals surface area contributed by atoms with Crippen LogP contribution in [0.15, 0.2) is 60.7 Å². The maximum atomic E-state index is 12.1. The van der Waals surface area contributed by atoms with Crippen molar-refractivity contribution in [3.8, 4) is 0 Å². The second-order valence-electron chi connectivity index (χ2n) is 4.21. The van der Waals surface area contributed by atoms with Crippen molar-refractivity contribution in [3.05, 3.63) is 71.8 Å². The summed E-state index contributed by atoms with van der Waals surface area (Å²) in [6.45, 7) is 2.25. The lowest BCUT2D eigenvalue weighted by molar-refractivity contribution is -0.139. The molecule has 0 atom stereocenters. The van der Waals surface area contributed by atoms with Gasteiger partial charge in [0.05, 0.1) is 0 Å². The Morgan fingerprint density at radius 1 is 1.00 bits per heavy atom. The van der Waals surface area contributed by atoms with E-state index in [-0.39, 0.29) is 0 Å². The van der Waals surface area contributed by atoms with E-state index < -0.39 is 11.5 Å². The minimum absolute atomic E-state index is 0.396. The minimum Gasteiger partial charge on any atom is -0.367 e. The molecule has 0 saturated heterocycles. The van der Waals surface area contributed by atoms with Gasteiger partial charge >= 0.3 is 0 Å². The zero-order chi connectivity index (χ0) is 13.7. The number of primary amides is 1. The van der Waals surface area contributed by atoms with Gasteiger partial charge in [-0.2, -0.15) is 0 Å². The Bertz CT molecular complexity index is 498. The molecule has 0 fully saturated rings. The van der Waals surface area contributed by atoms with E-state index in [2.05, 4.69) is 0 Å². The first-order valence-corrected chi connectivity index (χ1v) is 6.26. The number of rotatable bonds is 5. The summed E-state index contributed by atoms with van der Waals surface area (Å²) in [6, 6.07) is 18.7. The lowest BCUT2D eigenvalue weighted by Gasteiger charge is -2.31. The first-order chi connectivity index (χ1) is 9.21. The standard InChI is InChI=1S/C16H17NO2/c1-2-19-16(15(17)18,13-9-5-3-6-10-13)14-11-7-4-8-12-14/h3-12H,2H2,1H3,(H2,17,18). The van der Waals surface area contributed by atoms with E-state index in [1.807, 2.05) is 67.6 Å². The summed E-state index contributed by atoms with van der Waals surface area (Å²) in [5.74, 6) is -0.508. The van der Waals surface area contributed by atoms with Gasteiger partial charge in [0.25, 0.3) is 5.91 Å². The van der Waals surface area contributed by atoms with Gasteiger partial charge in [0.15, 0.2) is 5.60 Å². The van der Waals surface area contributed by atoms with Crippen molar-refractivity contribution in [1.82, 2.24) is 0 Å². The topological polar surface area (TPSA) is 52.3 Å². The van der Waals surface area contributed by atoms with Crippen LogP contribution in [0.3, 0.4) is 0 Å². The molecule has 0 heterocycles. The zero-order valence-corrected chi connectivity index (χ0v) is 10.9. The second kappa shape index (κ2) is 5.67. The third-order valence-electron chi connectivity index (χ3n) is 3.07. The number of carbonyl (C=O) groups excluding carboxylic acids is 1. The van der Waals surface area contributed by atoms with Crippen LogP contribution in [0.4, 0.5) is 0 Å². The molecular weight excluding hydrogens is 238 g/mol. The maximum absolute atomic E-state index is 12.1. The quantitative estimate of drug-likeness (QED) is 0.892. The van der Waals surface area contributed by atoms with Crippen LogP contribution in [0.2, 0.25) is 0 Å². The highest BCUT2D eigenvalue weighted by Crippen LogP contribution is 2.33. The second-order valence-corrected chi connectivity index (χ2v) is 4.21. The van der Waals surface area contributed by atoms with Crippen LogP contribution in [0.25, 0.3) is 0 Å². The van der Waals surface area contributed by atoms with Crippen molar-refractivity contribution in [2.75, 3.05) is 6.61 Å². The van der Waals surface area contributed by atoms with Crippen LogP contribution >= 0.6 is 0 Å². The Balaban J connectivity index is 2.65. The molecule has 0 saturated carbocycles. The van der Waals surface area contributed by atoms with E-state index in [0.717, 1.165) is 11.1 Å². The highest BCUT2D eigenvalue weighted by atomic mass is 16.5. The van der Waals surface area contributed by atoms with E-state index in [0.29, 0.717) is 6.61 Å². The van der Waals surface area contributed by atoms with Gasteiger partial charge in [-0.3, -0.25) is 4.79 Å². The van der Waals surface area contributed by atoms with Gasteiger partial charge in [0.1, 0.15) is 0 Å². The average Bonchev–Trinajstić information content (AvgIpc) is 2.46. The largest absolute Gasteiger partial charge is 0.367 e. The van der Waals surface area contributed by atoms with Crippen LogP contribution in [-0.4, -0.2) is 12.5 Å². The van der Waals surface area contributed by atoms with Crippen molar-refractivity contribution < 1.29 is 9.53 Å². The number of amides is 1. The maximum Gasteiger partial charge on any atom is 0.259 e. The molecule has 0 bridgehead atoms. The van der Waals surface area contributed by atoms with Crippen molar-refractivity contribution in [1.29, 1.82) is 0 Å². The van der Waals surface area contributed by atoms with Crippen LogP contribution in [0.5, 0.6) is 0 Å². The Hall–Kier alpha value is -2.13. The van der Waals surface area contributed by atoms with E-state index in [9.17, 15) is 4.79 Å². The van der Waals surface area contributed by atoms with Gasteiger partial charge in [-0.25, -0.2) is 0 Å². The molecule has 3 heteroatoms. The number of carbonyl (C=O) groups is 1. The number of nitrogens with two attached hydrogens (primary N) is 1. The van der Waals surface area contributed by atoms with Gasteiger partial charge in [-0.05, 0) is 18.1 Å². The third-order valence-corrected chi connectivity index (χ3v) is 3.07. The highest BCUT2D eigenvalue weighted by Gasteiger charge is 2.41. The minimum atomic E-state index is -1.22. The SMILES string of the molecule is CCOC(C(N)=O)(c1ccccc1)c1ccccc1. The van der Waals surface area contributed by atoms with E-state index in [4.69, 9.17) is 10.5 Å². The molecule has 98 valence electrons. The molecule has 0 spiro atoms. The van der Waals surface area contributed by atoms with E-state index in [1.54, 1.807) is 0 Å². The molecule has 1 amide bonds. The lowest BCUT2D eigenvalue weighted by atomic mass is 9.85. The number of benzene rings is 2. The summed E-state index contributed by atoms with van der Waals surface area (Å²) in [4.78, 5) is 12.1. The van der Waals surface area contributed by atoms with Gasteiger partial charge in [0.2, 0.25) is 0 Å².